The van der Waals surface area contributed by atoms with Gasteiger partial charge in [-0.25, -0.2) is 0 Å². The Kier molecular flexibility index (Phi) is 5.91. The van der Waals surface area contributed by atoms with Crippen LogP contribution in [0.25, 0.3) is 0 Å². The number of aryl methyl sites for hydroxylation is 1. The summed E-state index contributed by atoms with van der Waals surface area (Å²) in [5.74, 6) is 0. The normalized spacial score (nSPS) is 10.6. The third-order valence-electron chi connectivity index (χ3n) is 2.21. The lowest BCUT2D eigenvalue weighted by Gasteiger charge is -2.06. The Labute approximate surface area is 101 Å². The Morgan fingerprint density at radius 1 is 1.20 bits per heavy atom. The van der Waals surface area contributed by atoms with Gasteiger partial charge in [-0.2, -0.15) is 0 Å². The number of hydrogen-bond acceptors (Lipinski definition) is 2. The van der Waals surface area contributed by atoms with Crippen LogP contribution in [0.4, 0.5) is 0 Å². The second-order valence-electron chi connectivity index (χ2n) is 3.77. The number of rotatable bonds is 6. The molecule has 2 nitrogen and oxygen atoms in total. The smallest absolute Gasteiger partial charge is 0.0206 e. The lowest BCUT2D eigenvalue weighted by Crippen LogP contribution is -2.19. The van der Waals surface area contributed by atoms with E-state index in [0.717, 1.165) is 24.1 Å². The zero-order valence-corrected chi connectivity index (χ0v) is 11.0. The van der Waals surface area contributed by atoms with E-state index in [1.54, 1.807) is 0 Å². The van der Waals surface area contributed by atoms with Gasteiger partial charge in [0.2, 0.25) is 0 Å². The second-order valence-corrected chi connectivity index (χ2v) is 4.69. The summed E-state index contributed by atoms with van der Waals surface area (Å²) in [7, 11) is 1.98. The first-order chi connectivity index (χ1) is 7.22. The molecule has 3 heteroatoms. The molecule has 0 saturated carbocycles. The first-order valence-corrected chi connectivity index (χ1v) is 6.13. The minimum atomic E-state index is 0.948. The van der Waals surface area contributed by atoms with Crippen LogP contribution in [0.3, 0.4) is 0 Å². The van der Waals surface area contributed by atoms with Crippen molar-refractivity contribution in [1.82, 2.24) is 10.6 Å². The highest BCUT2D eigenvalue weighted by Gasteiger charge is 1.96. The first-order valence-electron chi connectivity index (χ1n) is 5.34. The van der Waals surface area contributed by atoms with Gasteiger partial charge in [0, 0.05) is 11.0 Å². The molecule has 0 fully saturated rings. The van der Waals surface area contributed by atoms with Crippen molar-refractivity contribution >= 4 is 15.9 Å². The quantitative estimate of drug-likeness (QED) is 0.777. The molecule has 0 amide bonds. The van der Waals surface area contributed by atoms with Gasteiger partial charge in [-0.15, -0.1) is 0 Å². The standard InChI is InChI=1S/C12H19BrN2/c1-10-6-11(8-12(13)7-10)9-15-5-3-4-14-2/h6-8,14-15H,3-5,9H2,1-2H3. The summed E-state index contributed by atoms with van der Waals surface area (Å²) >= 11 is 3.51. The van der Waals surface area contributed by atoms with Crippen LogP contribution in [0.15, 0.2) is 22.7 Å². The topological polar surface area (TPSA) is 24.1 Å². The molecule has 0 spiro atoms. The molecule has 0 bridgehead atoms. The van der Waals surface area contributed by atoms with Crippen molar-refractivity contribution in [2.24, 2.45) is 0 Å². The molecular weight excluding hydrogens is 252 g/mol. The Hall–Kier alpha value is -0.380. The Morgan fingerprint density at radius 2 is 2.00 bits per heavy atom. The van der Waals surface area contributed by atoms with Crippen LogP contribution >= 0.6 is 15.9 Å². The van der Waals surface area contributed by atoms with Gasteiger partial charge in [-0.3, -0.25) is 0 Å². The third-order valence-corrected chi connectivity index (χ3v) is 2.67. The highest BCUT2D eigenvalue weighted by molar-refractivity contribution is 9.10. The number of hydrogen-bond donors (Lipinski definition) is 2. The molecule has 0 aromatic heterocycles. The van der Waals surface area contributed by atoms with Crippen LogP contribution in [0.2, 0.25) is 0 Å². The molecule has 0 unspecified atom stereocenters. The van der Waals surface area contributed by atoms with E-state index in [0.29, 0.717) is 0 Å². The molecule has 0 aliphatic heterocycles. The fourth-order valence-electron chi connectivity index (χ4n) is 1.54. The molecular formula is C12H19BrN2. The molecule has 15 heavy (non-hydrogen) atoms. The van der Waals surface area contributed by atoms with Gasteiger partial charge in [0.25, 0.3) is 0 Å². The zero-order valence-electron chi connectivity index (χ0n) is 9.44. The molecule has 1 aromatic rings. The number of benzene rings is 1. The Morgan fingerprint density at radius 3 is 2.67 bits per heavy atom. The van der Waals surface area contributed by atoms with Crippen molar-refractivity contribution in [3.63, 3.8) is 0 Å². The van der Waals surface area contributed by atoms with Crippen LogP contribution in [0.5, 0.6) is 0 Å². The van der Waals surface area contributed by atoms with Crippen LogP contribution < -0.4 is 10.6 Å². The van der Waals surface area contributed by atoms with Crippen LogP contribution in [-0.4, -0.2) is 20.1 Å². The Balaban J connectivity index is 2.31. The highest BCUT2D eigenvalue weighted by atomic mass is 79.9. The Bertz CT molecular complexity index is 279. The third kappa shape index (κ3) is 5.30. The molecule has 0 atom stereocenters. The van der Waals surface area contributed by atoms with E-state index in [1.807, 2.05) is 7.05 Å². The number of nitrogens with one attached hydrogen (secondary N) is 2. The van der Waals surface area contributed by atoms with Crippen LogP contribution in [0.1, 0.15) is 17.5 Å². The zero-order chi connectivity index (χ0) is 11.1. The van der Waals surface area contributed by atoms with Gasteiger partial charge < -0.3 is 10.6 Å². The van der Waals surface area contributed by atoms with Gasteiger partial charge in [-0.05, 0) is 56.7 Å². The maximum Gasteiger partial charge on any atom is 0.0206 e. The molecule has 1 rings (SSSR count). The minimum absolute atomic E-state index is 0.948. The van der Waals surface area contributed by atoms with Crippen molar-refractivity contribution in [2.75, 3.05) is 20.1 Å². The summed E-state index contributed by atoms with van der Waals surface area (Å²) < 4.78 is 1.16. The molecule has 1 aromatic carbocycles. The molecule has 2 N–H and O–H groups in total. The summed E-state index contributed by atoms with van der Waals surface area (Å²) in [5, 5.41) is 6.57. The molecule has 0 aliphatic rings. The molecule has 0 radical (unpaired) electrons. The molecule has 0 aliphatic carbocycles. The lowest BCUT2D eigenvalue weighted by atomic mass is 10.1. The van der Waals surface area contributed by atoms with Crippen molar-refractivity contribution in [1.29, 1.82) is 0 Å². The molecule has 84 valence electrons. The maximum absolute atomic E-state index is 3.51. The molecule has 0 heterocycles. The van der Waals surface area contributed by atoms with Crippen molar-refractivity contribution in [3.8, 4) is 0 Å². The first kappa shape index (κ1) is 12.7. The predicted molar refractivity (Wildman–Crippen MR) is 69.1 cm³/mol. The lowest BCUT2D eigenvalue weighted by molar-refractivity contribution is 0.625. The molecule has 0 saturated heterocycles. The van der Waals surface area contributed by atoms with E-state index in [9.17, 15) is 0 Å². The largest absolute Gasteiger partial charge is 0.320 e. The summed E-state index contributed by atoms with van der Waals surface area (Å²) in [6.45, 7) is 5.20. The van der Waals surface area contributed by atoms with E-state index in [2.05, 4.69) is 51.7 Å². The van der Waals surface area contributed by atoms with E-state index in [-0.39, 0.29) is 0 Å². The average Bonchev–Trinajstić information content (AvgIpc) is 2.16. The highest BCUT2D eigenvalue weighted by Crippen LogP contribution is 2.14. The van der Waals surface area contributed by atoms with Gasteiger partial charge in [0.15, 0.2) is 0 Å². The number of halogens is 1. The van der Waals surface area contributed by atoms with Crippen LogP contribution in [0, 0.1) is 6.92 Å². The SMILES string of the molecule is CNCCCNCc1cc(C)cc(Br)c1. The van der Waals surface area contributed by atoms with Gasteiger partial charge in [0.05, 0.1) is 0 Å². The van der Waals surface area contributed by atoms with Crippen molar-refractivity contribution in [2.45, 2.75) is 19.9 Å². The maximum atomic E-state index is 3.51. The van der Waals surface area contributed by atoms with Crippen molar-refractivity contribution < 1.29 is 0 Å². The van der Waals surface area contributed by atoms with Gasteiger partial charge >= 0.3 is 0 Å². The fraction of sp³-hybridized carbons (Fsp3) is 0.500. The van der Waals surface area contributed by atoms with E-state index < -0.39 is 0 Å². The summed E-state index contributed by atoms with van der Waals surface area (Å²) in [6.07, 6.45) is 1.17. The van der Waals surface area contributed by atoms with Crippen molar-refractivity contribution in [3.05, 3.63) is 33.8 Å². The fourth-order valence-corrected chi connectivity index (χ4v) is 2.19. The van der Waals surface area contributed by atoms with Gasteiger partial charge in [0.1, 0.15) is 0 Å². The predicted octanol–water partition coefficient (Wildman–Crippen LogP) is 2.46. The summed E-state index contributed by atoms with van der Waals surface area (Å²) in [6, 6.07) is 6.51. The van der Waals surface area contributed by atoms with E-state index in [4.69, 9.17) is 0 Å². The second kappa shape index (κ2) is 6.99. The minimum Gasteiger partial charge on any atom is -0.320 e. The van der Waals surface area contributed by atoms with Gasteiger partial charge in [-0.1, -0.05) is 22.0 Å². The monoisotopic (exact) mass is 270 g/mol. The van der Waals surface area contributed by atoms with E-state index in [1.165, 1.54) is 17.5 Å². The average molecular weight is 271 g/mol. The summed E-state index contributed by atoms with van der Waals surface area (Å²) in [5.41, 5.74) is 2.64. The van der Waals surface area contributed by atoms with Crippen LogP contribution in [-0.2, 0) is 6.54 Å². The van der Waals surface area contributed by atoms with E-state index >= 15 is 0 Å². The summed E-state index contributed by atoms with van der Waals surface area (Å²) in [4.78, 5) is 0.